The lowest BCUT2D eigenvalue weighted by Crippen LogP contribution is -2.31. The topological polar surface area (TPSA) is 47.7 Å². The van der Waals surface area contributed by atoms with Crippen LogP contribution in [0.3, 0.4) is 0 Å². The number of hydrogen-bond donors (Lipinski definition) is 2. The summed E-state index contributed by atoms with van der Waals surface area (Å²) < 4.78 is 0. The van der Waals surface area contributed by atoms with Crippen molar-refractivity contribution in [1.82, 2.24) is 19.9 Å². The number of hydrogen-bond acceptors (Lipinski definition) is 2. The molecule has 0 saturated carbocycles. The zero-order valence-electron chi connectivity index (χ0n) is 14.9. The molecule has 4 heteroatoms. The molecule has 2 aromatic heterocycles. The lowest BCUT2D eigenvalue weighted by atomic mass is 9.96. The zero-order chi connectivity index (χ0) is 17.1. The number of aromatic nitrogens is 3. The van der Waals surface area contributed by atoms with Crippen molar-refractivity contribution in [3.05, 3.63) is 64.6 Å². The summed E-state index contributed by atoms with van der Waals surface area (Å²) in [5.41, 5.74) is 8.75. The van der Waals surface area contributed by atoms with Crippen LogP contribution >= 0.6 is 0 Å². The van der Waals surface area contributed by atoms with E-state index in [1.165, 1.54) is 33.3 Å². The van der Waals surface area contributed by atoms with Crippen LogP contribution in [-0.4, -0.2) is 26.9 Å². The SMILES string of the molecule is Cc1ccc2[nH]c([C@H]3Cc4c([nH]c5cc(C)ccc45)CN3C)nc2c1. The number of benzene rings is 2. The molecule has 1 atom stereocenters. The predicted octanol–water partition coefficient (Wildman–Crippen LogP) is 4.39. The first-order chi connectivity index (χ1) is 12.1. The highest BCUT2D eigenvalue weighted by Gasteiger charge is 2.29. The van der Waals surface area contributed by atoms with Crippen molar-refractivity contribution in [3.8, 4) is 0 Å². The maximum atomic E-state index is 4.89. The number of aromatic amines is 2. The summed E-state index contributed by atoms with van der Waals surface area (Å²) in [6.45, 7) is 5.18. The molecule has 0 bridgehead atoms. The monoisotopic (exact) mass is 330 g/mol. The fraction of sp³-hybridized carbons (Fsp3) is 0.286. The van der Waals surface area contributed by atoms with Gasteiger partial charge in [-0.2, -0.15) is 0 Å². The Balaban J connectivity index is 1.60. The van der Waals surface area contributed by atoms with Crippen LogP contribution in [0.1, 0.15) is 34.3 Å². The number of nitrogens with one attached hydrogen (secondary N) is 2. The number of rotatable bonds is 1. The van der Waals surface area contributed by atoms with E-state index in [2.05, 4.69) is 72.2 Å². The van der Waals surface area contributed by atoms with E-state index in [-0.39, 0.29) is 6.04 Å². The second-order valence-corrected chi connectivity index (χ2v) is 7.41. The van der Waals surface area contributed by atoms with Gasteiger partial charge in [0.1, 0.15) is 5.82 Å². The van der Waals surface area contributed by atoms with Crippen molar-refractivity contribution in [2.24, 2.45) is 0 Å². The fourth-order valence-electron chi connectivity index (χ4n) is 4.10. The maximum absolute atomic E-state index is 4.89. The average Bonchev–Trinajstić information content (AvgIpc) is 3.13. The zero-order valence-corrected chi connectivity index (χ0v) is 14.9. The number of nitrogens with zero attached hydrogens (tertiary/aromatic N) is 2. The molecule has 1 aliphatic heterocycles. The molecule has 5 rings (SSSR count). The van der Waals surface area contributed by atoms with E-state index in [0.29, 0.717) is 0 Å². The molecule has 0 unspecified atom stereocenters. The van der Waals surface area contributed by atoms with Gasteiger partial charge in [-0.3, -0.25) is 4.90 Å². The molecule has 4 aromatic rings. The van der Waals surface area contributed by atoms with Crippen LogP contribution in [0.4, 0.5) is 0 Å². The number of imidazole rings is 1. The van der Waals surface area contributed by atoms with Crippen LogP contribution in [0.15, 0.2) is 36.4 Å². The maximum Gasteiger partial charge on any atom is 0.125 e. The van der Waals surface area contributed by atoms with Gasteiger partial charge in [0.25, 0.3) is 0 Å². The van der Waals surface area contributed by atoms with Crippen LogP contribution in [-0.2, 0) is 13.0 Å². The summed E-state index contributed by atoms with van der Waals surface area (Å²) in [7, 11) is 2.18. The molecular weight excluding hydrogens is 308 g/mol. The van der Waals surface area contributed by atoms with Gasteiger partial charge in [0.15, 0.2) is 0 Å². The Morgan fingerprint density at radius 2 is 1.80 bits per heavy atom. The smallest absolute Gasteiger partial charge is 0.125 e. The number of aryl methyl sites for hydroxylation is 2. The Kier molecular flexibility index (Phi) is 3.06. The van der Waals surface area contributed by atoms with E-state index in [1.807, 2.05) is 0 Å². The summed E-state index contributed by atoms with van der Waals surface area (Å²) in [5, 5.41) is 1.35. The molecule has 2 N–H and O–H groups in total. The molecule has 1 aliphatic rings. The Morgan fingerprint density at radius 3 is 2.68 bits per heavy atom. The van der Waals surface area contributed by atoms with E-state index in [1.54, 1.807) is 0 Å². The number of H-pyrrole nitrogens is 2. The first-order valence-electron chi connectivity index (χ1n) is 8.85. The van der Waals surface area contributed by atoms with Crippen LogP contribution in [0.5, 0.6) is 0 Å². The van der Waals surface area contributed by atoms with E-state index in [0.717, 1.165) is 29.8 Å². The Hall–Kier alpha value is -2.59. The minimum atomic E-state index is 0.278. The summed E-state index contributed by atoms with van der Waals surface area (Å²) in [6.07, 6.45) is 0.980. The molecular formula is C21H22N4. The van der Waals surface area contributed by atoms with Crippen LogP contribution < -0.4 is 0 Å². The number of fused-ring (bicyclic) bond motifs is 4. The highest BCUT2D eigenvalue weighted by Crippen LogP contribution is 2.36. The average molecular weight is 330 g/mol. The third kappa shape index (κ3) is 2.29. The van der Waals surface area contributed by atoms with Gasteiger partial charge in [-0.1, -0.05) is 18.2 Å². The predicted molar refractivity (Wildman–Crippen MR) is 102 cm³/mol. The summed E-state index contributed by atoms with van der Waals surface area (Å²) in [5.74, 6) is 1.07. The largest absolute Gasteiger partial charge is 0.357 e. The van der Waals surface area contributed by atoms with Crippen LogP contribution in [0.25, 0.3) is 21.9 Å². The minimum Gasteiger partial charge on any atom is -0.357 e. The van der Waals surface area contributed by atoms with Crippen molar-refractivity contribution in [1.29, 1.82) is 0 Å². The number of likely N-dealkylation sites (N-methyl/N-ethyl adjacent to an activating group) is 1. The molecule has 3 heterocycles. The third-order valence-electron chi connectivity index (χ3n) is 5.46. The second kappa shape index (κ2) is 5.20. The Morgan fingerprint density at radius 1 is 1.00 bits per heavy atom. The standard InChI is InChI=1S/C21H22N4/c1-12-4-6-14-15-10-20(25(3)11-19(15)22-17(14)8-12)21-23-16-7-5-13(2)9-18(16)24-21/h4-9,20,22H,10-11H2,1-3H3,(H,23,24)/t20-/m1/s1. The van der Waals surface area contributed by atoms with Gasteiger partial charge in [0.2, 0.25) is 0 Å². The van der Waals surface area contributed by atoms with Gasteiger partial charge in [-0.15, -0.1) is 0 Å². The summed E-state index contributed by atoms with van der Waals surface area (Å²) in [6, 6.07) is 13.4. The first-order valence-corrected chi connectivity index (χ1v) is 8.85. The molecule has 0 saturated heterocycles. The van der Waals surface area contributed by atoms with Gasteiger partial charge in [0, 0.05) is 23.1 Å². The van der Waals surface area contributed by atoms with E-state index in [4.69, 9.17) is 4.98 Å². The van der Waals surface area contributed by atoms with E-state index < -0.39 is 0 Å². The summed E-state index contributed by atoms with van der Waals surface area (Å²) in [4.78, 5) is 14.4. The molecule has 25 heavy (non-hydrogen) atoms. The van der Waals surface area contributed by atoms with Crippen molar-refractivity contribution < 1.29 is 0 Å². The molecule has 0 fully saturated rings. The lowest BCUT2D eigenvalue weighted by Gasteiger charge is -2.31. The lowest BCUT2D eigenvalue weighted by molar-refractivity contribution is 0.208. The van der Waals surface area contributed by atoms with Gasteiger partial charge in [-0.05, 0) is 62.2 Å². The molecule has 0 spiro atoms. The van der Waals surface area contributed by atoms with Crippen LogP contribution in [0, 0.1) is 13.8 Å². The van der Waals surface area contributed by atoms with Crippen molar-refractivity contribution in [3.63, 3.8) is 0 Å². The molecule has 2 aromatic carbocycles. The third-order valence-corrected chi connectivity index (χ3v) is 5.46. The highest BCUT2D eigenvalue weighted by atomic mass is 15.2. The van der Waals surface area contributed by atoms with Crippen LogP contribution in [0.2, 0.25) is 0 Å². The fourth-order valence-corrected chi connectivity index (χ4v) is 4.10. The van der Waals surface area contributed by atoms with Gasteiger partial charge in [-0.25, -0.2) is 4.98 Å². The van der Waals surface area contributed by atoms with Crippen molar-refractivity contribution in [2.45, 2.75) is 32.9 Å². The highest BCUT2D eigenvalue weighted by molar-refractivity contribution is 5.85. The molecule has 0 aliphatic carbocycles. The molecule has 0 amide bonds. The first kappa shape index (κ1) is 14.7. The van der Waals surface area contributed by atoms with Gasteiger partial charge in [0.05, 0.1) is 17.1 Å². The minimum absolute atomic E-state index is 0.278. The van der Waals surface area contributed by atoms with Crippen molar-refractivity contribution in [2.75, 3.05) is 7.05 Å². The molecule has 0 radical (unpaired) electrons. The van der Waals surface area contributed by atoms with E-state index in [9.17, 15) is 0 Å². The Labute approximate surface area is 146 Å². The quantitative estimate of drug-likeness (QED) is 0.544. The molecule has 4 nitrogen and oxygen atoms in total. The normalized spacial score (nSPS) is 18.1. The van der Waals surface area contributed by atoms with Gasteiger partial charge >= 0.3 is 0 Å². The second-order valence-electron chi connectivity index (χ2n) is 7.41. The van der Waals surface area contributed by atoms with Gasteiger partial charge < -0.3 is 9.97 Å². The summed E-state index contributed by atoms with van der Waals surface area (Å²) >= 11 is 0. The van der Waals surface area contributed by atoms with E-state index >= 15 is 0 Å². The molecule has 126 valence electrons. The van der Waals surface area contributed by atoms with Crippen molar-refractivity contribution >= 4 is 21.9 Å². The Bertz CT molecular complexity index is 1100.